The zero-order chi connectivity index (χ0) is 17.7. The van der Waals surface area contributed by atoms with E-state index in [1.54, 1.807) is 24.3 Å². The number of benzene rings is 2. The van der Waals surface area contributed by atoms with E-state index in [1.165, 1.54) is 0 Å². The quantitative estimate of drug-likeness (QED) is 0.592. The molecular formula is C20H19ClO3. The Morgan fingerprint density at radius 1 is 1.21 bits per heavy atom. The number of hydrogen-bond acceptors (Lipinski definition) is 3. The van der Waals surface area contributed by atoms with Crippen LogP contribution in [0.1, 0.15) is 27.0 Å². The van der Waals surface area contributed by atoms with E-state index in [0.29, 0.717) is 16.3 Å². The van der Waals surface area contributed by atoms with Crippen molar-refractivity contribution in [2.75, 3.05) is 6.61 Å². The summed E-state index contributed by atoms with van der Waals surface area (Å²) in [5, 5.41) is 0.563. The van der Waals surface area contributed by atoms with Crippen molar-refractivity contribution in [3.63, 3.8) is 0 Å². The van der Waals surface area contributed by atoms with Gasteiger partial charge in [-0.15, -0.1) is 6.42 Å². The lowest BCUT2D eigenvalue weighted by Gasteiger charge is -2.16. The van der Waals surface area contributed by atoms with Crippen molar-refractivity contribution in [1.82, 2.24) is 0 Å². The molecule has 2 aromatic carbocycles. The molecule has 0 bridgehead atoms. The van der Waals surface area contributed by atoms with E-state index in [2.05, 4.69) is 5.92 Å². The highest BCUT2D eigenvalue weighted by Gasteiger charge is 2.19. The van der Waals surface area contributed by atoms with Crippen molar-refractivity contribution in [3.05, 3.63) is 63.7 Å². The number of ether oxygens (including phenoxy) is 2. The fourth-order valence-electron chi connectivity index (χ4n) is 2.53. The lowest BCUT2D eigenvalue weighted by atomic mass is 10.00. The number of terminal acetylenes is 1. The molecule has 24 heavy (non-hydrogen) atoms. The van der Waals surface area contributed by atoms with Crippen LogP contribution in [0.15, 0.2) is 36.4 Å². The van der Waals surface area contributed by atoms with Gasteiger partial charge in [0, 0.05) is 5.02 Å². The van der Waals surface area contributed by atoms with Crippen LogP contribution in [-0.4, -0.2) is 18.7 Å². The van der Waals surface area contributed by atoms with E-state index in [0.717, 1.165) is 16.7 Å². The summed E-state index contributed by atoms with van der Waals surface area (Å²) in [5.74, 6) is 2.57. The second kappa shape index (κ2) is 7.90. The van der Waals surface area contributed by atoms with Gasteiger partial charge in [-0.25, -0.2) is 4.79 Å². The lowest BCUT2D eigenvalue weighted by molar-refractivity contribution is 0.0318. The Kier molecular flexibility index (Phi) is 5.89. The molecule has 0 amide bonds. The van der Waals surface area contributed by atoms with Crippen LogP contribution in [0, 0.1) is 33.1 Å². The number of esters is 1. The average Bonchev–Trinajstić information content (AvgIpc) is 2.50. The molecule has 4 heteroatoms. The van der Waals surface area contributed by atoms with Crippen molar-refractivity contribution in [2.45, 2.75) is 26.9 Å². The zero-order valence-electron chi connectivity index (χ0n) is 13.9. The van der Waals surface area contributed by atoms with Crippen LogP contribution in [0.2, 0.25) is 5.02 Å². The monoisotopic (exact) mass is 342 g/mol. The molecular weight excluding hydrogens is 324 g/mol. The van der Waals surface area contributed by atoms with Gasteiger partial charge in [0.1, 0.15) is 12.4 Å². The second-order valence-corrected chi connectivity index (χ2v) is 6.04. The first-order valence-electron chi connectivity index (χ1n) is 7.54. The molecule has 0 saturated carbocycles. The Bertz CT molecular complexity index is 767. The number of carbonyl (C=O) groups excluding carboxylic acids is 1. The van der Waals surface area contributed by atoms with Gasteiger partial charge in [0.15, 0.2) is 6.10 Å². The van der Waals surface area contributed by atoms with Gasteiger partial charge < -0.3 is 9.47 Å². The highest BCUT2D eigenvalue weighted by molar-refractivity contribution is 6.30. The summed E-state index contributed by atoms with van der Waals surface area (Å²) in [5.41, 5.74) is 3.37. The normalized spacial score (nSPS) is 11.5. The Morgan fingerprint density at radius 3 is 2.46 bits per heavy atom. The largest absolute Gasteiger partial charge is 0.489 e. The van der Waals surface area contributed by atoms with Crippen LogP contribution in [0.3, 0.4) is 0 Å². The summed E-state index contributed by atoms with van der Waals surface area (Å²) in [7, 11) is 0. The van der Waals surface area contributed by atoms with Gasteiger partial charge >= 0.3 is 5.97 Å². The Labute approximate surface area is 147 Å². The Hall–Kier alpha value is -2.44. The molecule has 0 aromatic heterocycles. The third-order valence-corrected chi connectivity index (χ3v) is 3.75. The number of carbonyl (C=O) groups is 1. The van der Waals surface area contributed by atoms with Gasteiger partial charge in [0.25, 0.3) is 0 Å². The maximum Gasteiger partial charge on any atom is 0.340 e. The summed E-state index contributed by atoms with van der Waals surface area (Å²) < 4.78 is 11.0. The minimum absolute atomic E-state index is 0.0620. The molecule has 0 unspecified atom stereocenters. The predicted octanol–water partition coefficient (Wildman–Crippen LogP) is 4.50. The topological polar surface area (TPSA) is 35.5 Å². The van der Waals surface area contributed by atoms with Gasteiger partial charge in [-0.3, -0.25) is 0 Å². The van der Waals surface area contributed by atoms with E-state index < -0.39 is 12.1 Å². The lowest BCUT2D eigenvalue weighted by Crippen LogP contribution is -2.24. The van der Waals surface area contributed by atoms with Crippen LogP contribution in [-0.2, 0) is 4.74 Å². The Morgan fingerprint density at radius 2 is 1.88 bits per heavy atom. The first kappa shape index (κ1) is 17.9. The van der Waals surface area contributed by atoms with Gasteiger partial charge in [-0.2, -0.15) is 0 Å². The fourth-order valence-corrected chi connectivity index (χ4v) is 2.72. The van der Waals surface area contributed by atoms with Gasteiger partial charge in [0.05, 0.1) is 5.56 Å². The molecule has 0 aliphatic rings. The highest BCUT2D eigenvalue weighted by atomic mass is 35.5. The van der Waals surface area contributed by atoms with Crippen molar-refractivity contribution < 1.29 is 14.3 Å². The van der Waals surface area contributed by atoms with Crippen LogP contribution < -0.4 is 4.74 Å². The maximum atomic E-state index is 12.4. The molecule has 124 valence electrons. The van der Waals surface area contributed by atoms with Crippen LogP contribution >= 0.6 is 11.6 Å². The Balaban J connectivity index is 2.05. The molecule has 1 atom stereocenters. The van der Waals surface area contributed by atoms with Crippen LogP contribution in [0.5, 0.6) is 5.75 Å². The molecule has 0 heterocycles. The molecule has 0 aliphatic heterocycles. The van der Waals surface area contributed by atoms with E-state index >= 15 is 0 Å². The smallest absolute Gasteiger partial charge is 0.340 e. The maximum absolute atomic E-state index is 12.4. The van der Waals surface area contributed by atoms with Crippen LogP contribution in [0.4, 0.5) is 0 Å². The number of halogens is 1. The van der Waals surface area contributed by atoms with Gasteiger partial charge in [-0.1, -0.05) is 41.3 Å². The van der Waals surface area contributed by atoms with E-state index in [1.807, 2.05) is 32.9 Å². The van der Waals surface area contributed by atoms with Crippen molar-refractivity contribution in [1.29, 1.82) is 0 Å². The van der Waals surface area contributed by atoms with Crippen LogP contribution in [0.25, 0.3) is 0 Å². The third kappa shape index (κ3) is 4.53. The van der Waals surface area contributed by atoms with E-state index in [9.17, 15) is 4.79 Å². The fraction of sp³-hybridized carbons (Fsp3) is 0.250. The summed E-state index contributed by atoms with van der Waals surface area (Å²) in [6.45, 7) is 5.80. The summed E-state index contributed by atoms with van der Waals surface area (Å²) in [6.07, 6.45) is 4.68. The van der Waals surface area contributed by atoms with Crippen molar-refractivity contribution in [3.8, 4) is 18.1 Å². The van der Waals surface area contributed by atoms with Crippen molar-refractivity contribution >= 4 is 17.6 Å². The predicted molar refractivity (Wildman–Crippen MR) is 95.6 cm³/mol. The third-order valence-electron chi connectivity index (χ3n) is 3.51. The van der Waals surface area contributed by atoms with Crippen molar-refractivity contribution in [2.24, 2.45) is 0 Å². The first-order chi connectivity index (χ1) is 11.4. The summed E-state index contributed by atoms with van der Waals surface area (Å²) >= 11 is 5.90. The molecule has 0 radical (unpaired) electrons. The summed E-state index contributed by atoms with van der Waals surface area (Å²) in [4.78, 5) is 12.4. The molecule has 0 spiro atoms. The zero-order valence-corrected chi connectivity index (χ0v) is 14.7. The number of rotatable bonds is 5. The molecule has 0 aliphatic carbocycles. The average molecular weight is 343 g/mol. The van der Waals surface area contributed by atoms with Gasteiger partial charge in [0.2, 0.25) is 0 Å². The molecule has 0 N–H and O–H groups in total. The molecule has 0 fully saturated rings. The standard InChI is InChI=1S/C20H19ClO3/c1-5-17(12-23-18-8-6-7-16(21)11-18)24-20(22)19-14(3)9-13(2)10-15(19)4/h1,6-11,17H,12H2,2-4H3/t17-/m0/s1. The van der Waals surface area contributed by atoms with E-state index in [-0.39, 0.29) is 6.61 Å². The summed E-state index contributed by atoms with van der Waals surface area (Å²) in [6, 6.07) is 10.8. The first-order valence-corrected chi connectivity index (χ1v) is 7.92. The minimum atomic E-state index is -0.781. The SMILES string of the molecule is C#C[C@@H](COc1cccc(Cl)c1)OC(=O)c1c(C)cc(C)cc1C. The number of aryl methyl sites for hydroxylation is 3. The highest BCUT2D eigenvalue weighted by Crippen LogP contribution is 2.19. The van der Waals surface area contributed by atoms with Gasteiger partial charge in [-0.05, 0) is 50.1 Å². The van der Waals surface area contributed by atoms with E-state index in [4.69, 9.17) is 27.5 Å². The molecule has 2 rings (SSSR count). The molecule has 2 aromatic rings. The molecule has 3 nitrogen and oxygen atoms in total. The minimum Gasteiger partial charge on any atom is -0.489 e. The number of hydrogen-bond donors (Lipinski definition) is 0. The second-order valence-electron chi connectivity index (χ2n) is 5.60. The molecule has 0 saturated heterocycles.